The van der Waals surface area contributed by atoms with Crippen molar-refractivity contribution in [2.75, 3.05) is 25.1 Å². The first kappa shape index (κ1) is 13.0. The lowest BCUT2D eigenvalue weighted by atomic mass is 10.3. The van der Waals surface area contributed by atoms with Gasteiger partial charge in [-0.1, -0.05) is 13.3 Å². The van der Waals surface area contributed by atoms with E-state index in [1.54, 1.807) is 10.9 Å². The number of hydrogen-bond acceptors (Lipinski definition) is 4. The summed E-state index contributed by atoms with van der Waals surface area (Å²) in [5.74, 6) is 0. The third kappa shape index (κ3) is 5.14. The average Bonchev–Trinajstić information content (AvgIpc) is 2.68. The Morgan fingerprint density at radius 3 is 3.06 bits per heavy atom. The number of aryl methyl sites for hydroxylation is 1. The largest absolute Gasteiger partial charge is 0.389 e. The Kier molecular flexibility index (Phi) is 5.88. The van der Waals surface area contributed by atoms with E-state index in [1.165, 1.54) is 0 Å². The number of aromatic nitrogens is 2. The van der Waals surface area contributed by atoms with E-state index in [-0.39, 0.29) is 0 Å². The highest BCUT2D eigenvalue weighted by atomic mass is 16.5. The van der Waals surface area contributed by atoms with Gasteiger partial charge in [0.25, 0.3) is 0 Å². The summed E-state index contributed by atoms with van der Waals surface area (Å²) in [6, 6.07) is 0. The Labute approximate surface area is 96.4 Å². The summed E-state index contributed by atoms with van der Waals surface area (Å²) in [6.07, 6.45) is 5.28. The van der Waals surface area contributed by atoms with Gasteiger partial charge in [-0.25, -0.2) is 0 Å². The molecule has 16 heavy (non-hydrogen) atoms. The molecule has 1 unspecified atom stereocenters. The standard InChI is InChI=1S/C11H21N3O2/c1-3-4-5-16-9-11(15)7-12-10-6-13-14(2)8-10/h6,8,11-12,15H,3-5,7,9H2,1-2H3. The zero-order valence-corrected chi connectivity index (χ0v) is 10.0. The first-order valence-corrected chi connectivity index (χ1v) is 5.70. The molecule has 0 spiro atoms. The molecule has 0 fully saturated rings. The summed E-state index contributed by atoms with van der Waals surface area (Å²) in [6.45, 7) is 3.70. The number of nitrogens with one attached hydrogen (secondary N) is 1. The van der Waals surface area contributed by atoms with Crippen LogP contribution in [-0.2, 0) is 11.8 Å². The molecule has 0 bridgehead atoms. The normalized spacial score (nSPS) is 12.7. The lowest BCUT2D eigenvalue weighted by Crippen LogP contribution is -2.24. The van der Waals surface area contributed by atoms with Gasteiger partial charge < -0.3 is 15.2 Å². The van der Waals surface area contributed by atoms with Crippen molar-refractivity contribution in [1.29, 1.82) is 0 Å². The van der Waals surface area contributed by atoms with E-state index in [9.17, 15) is 5.11 Å². The fourth-order valence-corrected chi connectivity index (χ4v) is 1.27. The molecule has 1 rings (SSSR count). The smallest absolute Gasteiger partial charge is 0.0945 e. The van der Waals surface area contributed by atoms with E-state index in [4.69, 9.17) is 4.74 Å². The molecule has 0 radical (unpaired) electrons. The zero-order valence-electron chi connectivity index (χ0n) is 10.0. The minimum Gasteiger partial charge on any atom is -0.389 e. The van der Waals surface area contributed by atoms with Crippen molar-refractivity contribution in [3.8, 4) is 0 Å². The monoisotopic (exact) mass is 227 g/mol. The summed E-state index contributed by atoms with van der Waals surface area (Å²) >= 11 is 0. The summed E-state index contributed by atoms with van der Waals surface area (Å²) in [7, 11) is 1.86. The Hall–Kier alpha value is -1.07. The van der Waals surface area contributed by atoms with Crippen LogP contribution >= 0.6 is 0 Å². The molecule has 0 aromatic carbocycles. The topological polar surface area (TPSA) is 59.3 Å². The van der Waals surface area contributed by atoms with Crippen LogP contribution in [0.3, 0.4) is 0 Å². The summed E-state index contributed by atoms with van der Waals surface area (Å²) in [5, 5.41) is 16.7. The molecule has 0 saturated carbocycles. The Morgan fingerprint density at radius 1 is 1.62 bits per heavy atom. The highest BCUT2D eigenvalue weighted by Crippen LogP contribution is 2.03. The Balaban J connectivity index is 2.08. The van der Waals surface area contributed by atoms with Gasteiger partial charge >= 0.3 is 0 Å². The maximum absolute atomic E-state index is 9.60. The number of anilines is 1. The third-order valence-corrected chi connectivity index (χ3v) is 2.20. The second kappa shape index (κ2) is 7.24. The van der Waals surface area contributed by atoms with Crippen LogP contribution in [-0.4, -0.2) is 40.7 Å². The predicted octanol–water partition coefficient (Wildman–Crippen LogP) is 1.01. The van der Waals surface area contributed by atoms with Crippen molar-refractivity contribution >= 4 is 5.69 Å². The molecule has 1 heterocycles. The molecule has 5 nitrogen and oxygen atoms in total. The van der Waals surface area contributed by atoms with Gasteiger partial charge in [0.2, 0.25) is 0 Å². The third-order valence-electron chi connectivity index (χ3n) is 2.20. The van der Waals surface area contributed by atoms with E-state index in [1.807, 2.05) is 13.2 Å². The summed E-state index contributed by atoms with van der Waals surface area (Å²) in [5.41, 5.74) is 0.912. The van der Waals surface area contributed by atoms with Gasteiger partial charge in [0, 0.05) is 26.4 Å². The number of ether oxygens (including phenoxy) is 1. The second-order valence-electron chi connectivity index (χ2n) is 3.87. The molecule has 1 atom stereocenters. The van der Waals surface area contributed by atoms with Gasteiger partial charge in [0.1, 0.15) is 0 Å². The number of aliphatic hydroxyl groups excluding tert-OH is 1. The molecule has 92 valence electrons. The zero-order chi connectivity index (χ0) is 11.8. The van der Waals surface area contributed by atoms with Crippen molar-refractivity contribution in [2.45, 2.75) is 25.9 Å². The van der Waals surface area contributed by atoms with Crippen molar-refractivity contribution in [3.63, 3.8) is 0 Å². The molecule has 1 aromatic rings. The van der Waals surface area contributed by atoms with Gasteiger partial charge in [-0.15, -0.1) is 0 Å². The fourth-order valence-electron chi connectivity index (χ4n) is 1.27. The molecular formula is C11H21N3O2. The number of unbranched alkanes of at least 4 members (excludes halogenated alkanes) is 1. The van der Waals surface area contributed by atoms with Crippen molar-refractivity contribution in [1.82, 2.24) is 9.78 Å². The Bertz CT molecular complexity index is 289. The van der Waals surface area contributed by atoms with Gasteiger partial charge in [0.15, 0.2) is 0 Å². The van der Waals surface area contributed by atoms with E-state index in [0.717, 1.165) is 25.1 Å². The van der Waals surface area contributed by atoms with Gasteiger partial charge in [0.05, 0.1) is 24.6 Å². The van der Waals surface area contributed by atoms with Crippen molar-refractivity contribution in [2.24, 2.45) is 7.05 Å². The molecule has 2 N–H and O–H groups in total. The molecule has 0 aliphatic rings. The predicted molar refractivity (Wildman–Crippen MR) is 63.4 cm³/mol. The lowest BCUT2D eigenvalue weighted by Gasteiger charge is -2.11. The summed E-state index contributed by atoms with van der Waals surface area (Å²) < 4.78 is 7.03. The number of hydrogen-bond donors (Lipinski definition) is 2. The Morgan fingerprint density at radius 2 is 2.44 bits per heavy atom. The van der Waals surface area contributed by atoms with E-state index in [2.05, 4.69) is 17.3 Å². The molecule has 0 aliphatic carbocycles. The van der Waals surface area contributed by atoms with Crippen LogP contribution in [0.1, 0.15) is 19.8 Å². The lowest BCUT2D eigenvalue weighted by molar-refractivity contribution is 0.0422. The molecule has 0 aliphatic heterocycles. The van der Waals surface area contributed by atoms with Gasteiger partial charge in [-0.3, -0.25) is 4.68 Å². The average molecular weight is 227 g/mol. The van der Waals surface area contributed by atoms with E-state index < -0.39 is 6.10 Å². The van der Waals surface area contributed by atoms with Crippen LogP contribution in [0.15, 0.2) is 12.4 Å². The van der Waals surface area contributed by atoms with Crippen LogP contribution in [0.4, 0.5) is 5.69 Å². The van der Waals surface area contributed by atoms with Crippen molar-refractivity contribution in [3.05, 3.63) is 12.4 Å². The number of rotatable bonds is 8. The van der Waals surface area contributed by atoms with Crippen molar-refractivity contribution < 1.29 is 9.84 Å². The highest BCUT2D eigenvalue weighted by Gasteiger charge is 2.04. The van der Waals surface area contributed by atoms with Crippen LogP contribution in [0.5, 0.6) is 0 Å². The minimum atomic E-state index is -0.475. The SMILES string of the molecule is CCCCOCC(O)CNc1cnn(C)c1. The first-order chi connectivity index (χ1) is 7.72. The first-order valence-electron chi connectivity index (χ1n) is 5.70. The quantitative estimate of drug-likeness (QED) is 0.651. The second-order valence-corrected chi connectivity index (χ2v) is 3.87. The maximum Gasteiger partial charge on any atom is 0.0945 e. The van der Waals surface area contributed by atoms with Gasteiger partial charge in [-0.2, -0.15) is 5.10 Å². The number of nitrogens with zero attached hydrogens (tertiary/aromatic N) is 2. The fraction of sp³-hybridized carbons (Fsp3) is 0.727. The highest BCUT2D eigenvalue weighted by molar-refractivity contribution is 5.37. The van der Waals surface area contributed by atoms with E-state index >= 15 is 0 Å². The summed E-state index contributed by atoms with van der Waals surface area (Å²) in [4.78, 5) is 0. The van der Waals surface area contributed by atoms with Crippen LogP contribution < -0.4 is 5.32 Å². The maximum atomic E-state index is 9.60. The molecule has 1 aromatic heterocycles. The van der Waals surface area contributed by atoms with Crippen LogP contribution in [0, 0.1) is 0 Å². The van der Waals surface area contributed by atoms with Crippen LogP contribution in [0.25, 0.3) is 0 Å². The molecular weight excluding hydrogens is 206 g/mol. The molecule has 0 saturated heterocycles. The van der Waals surface area contributed by atoms with Gasteiger partial charge in [-0.05, 0) is 6.42 Å². The number of aliphatic hydroxyl groups is 1. The molecule has 5 heteroatoms. The van der Waals surface area contributed by atoms with E-state index in [0.29, 0.717) is 13.2 Å². The van der Waals surface area contributed by atoms with Crippen LogP contribution in [0.2, 0.25) is 0 Å². The minimum absolute atomic E-state index is 0.382. The molecule has 0 amide bonds.